The number of hydrogen-bond donors (Lipinski definition) is 2. The van der Waals surface area contributed by atoms with Crippen molar-refractivity contribution < 1.29 is 14.3 Å². The van der Waals surface area contributed by atoms with E-state index in [2.05, 4.69) is 10.1 Å². The summed E-state index contributed by atoms with van der Waals surface area (Å²) in [5.74, 6) is 0.370. The summed E-state index contributed by atoms with van der Waals surface area (Å²) in [4.78, 5) is 11.5. The molecule has 5 heteroatoms. The van der Waals surface area contributed by atoms with Crippen molar-refractivity contribution in [2.75, 3.05) is 25.3 Å². The van der Waals surface area contributed by atoms with Crippen LogP contribution < -0.4 is 15.8 Å². The number of nitrogens with two attached hydrogens (primary N) is 1. The lowest BCUT2D eigenvalue weighted by Gasteiger charge is -2.11. The van der Waals surface area contributed by atoms with Gasteiger partial charge in [-0.15, -0.1) is 0 Å². The summed E-state index contributed by atoms with van der Waals surface area (Å²) in [6, 6.07) is 12.3. The van der Waals surface area contributed by atoms with Crippen molar-refractivity contribution in [3.63, 3.8) is 0 Å². The van der Waals surface area contributed by atoms with Gasteiger partial charge in [-0.05, 0) is 42.5 Å². The van der Waals surface area contributed by atoms with Crippen molar-refractivity contribution in [2.45, 2.75) is 0 Å². The lowest BCUT2D eigenvalue weighted by Crippen LogP contribution is -2.04. The number of carbonyl (C=O) groups is 1. The van der Waals surface area contributed by atoms with Gasteiger partial charge in [0.25, 0.3) is 0 Å². The molecule has 0 fully saturated rings. The Morgan fingerprint density at radius 1 is 1.10 bits per heavy atom. The van der Waals surface area contributed by atoms with Gasteiger partial charge in [-0.3, -0.25) is 0 Å². The largest absolute Gasteiger partial charge is 0.497 e. The van der Waals surface area contributed by atoms with Gasteiger partial charge in [0.15, 0.2) is 0 Å². The van der Waals surface area contributed by atoms with Crippen molar-refractivity contribution >= 4 is 23.0 Å². The van der Waals surface area contributed by atoms with Crippen LogP contribution in [-0.2, 0) is 4.74 Å². The Bertz CT molecular complexity index is 609. The highest BCUT2D eigenvalue weighted by Gasteiger charge is 2.08. The van der Waals surface area contributed by atoms with Crippen molar-refractivity contribution in [3.8, 4) is 5.75 Å². The van der Waals surface area contributed by atoms with Crippen LogP contribution in [0.1, 0.15) is 10.4 Å². The van der Waals surface area contributed by atoms with Gasteiger partial charge in [0, 0.05) is 5.69 Å². The first-order valence-electron chi connectivity index (χ1n) is 6.03. The van der Waals surface area contributed by atoms with Crippen LogP contribution in [0.15, 0.2) is 42.5 Å². The van der Waals surface area contributed by atoms with Crippen LogP contribution in [0.2, 0.25) is 0 Å². The molecule has 0 bridgehead atoms. The van der Waals surface area contributed by atoms with Crippen LogP contribution >= 0.6 is 0 Å². The second kappa shape index (κ2) is 5.97. The van der Waals surface area contributed by atoms with Crippen LogP contribution in [0.25, 0.3) is 0 Å². The Morgan fingerprint density at radius 3 is 2.40 bits per heavy atom. The number of carbonyl (C=O) groups excluding carboxylic acids is 1. The molecule has 0 aliphatic heterocycles. The lowest BCUT2D eigenvalue weighted by molar-refractivity contribution is 0.0601. The SMILES string of the molecule is COC(=O)c1ccc(N)c(Nc2ccc(OC)cc2)c1. The molecule has 2 aromatic carbocycles. The van der Waals surface area contributed by atoms with Crippen molar-refractivity contribution in [2.24, 2.45) is 0 Å². The summed E-state index contributed by atoms with van der Waals surface area (Å²) in [6.07, 6.45) is 0. The lowest BCUT2D eigenvalue weighted by atomic mass is 10.1. The number of methoxy groups -OCH3 is 2. The molecule has 20 heavy (non-hydrogen) atoms. The zero-order valence-electron chi connectivity index (χ0n) is 11.3. The van der Waals surface area contributed by atoms with E-state index in [4.69, 9.17) is 10.5 Å². The molecular weight excluding hydrogens is 256 g/mol. The van der Waals surface area contributed by atoms with Crippen LogP contribution in [0.3, 0.4) is 0 Å². The highest BCUT2D eigenvalue weighted by Crippen LogP contribution is 2.25. The topological polar surface area (TPSA) is 73.6 Å². The van der Waals surface area contributed by atoms with Gasteiger partial charge in [-0.25, -0.2) is 4.79 Å². The standard InChI is InChI=1S/C15H16N2O3/c1-19-12-6-4-11(5-7-12)17-14-9-10(15(18)20-2)3-8-13(14)16/h3-9,17H,16H2,1-2H3. The van der Waals surface area contributed by atoms with Gasteiger partial charge < -0.3 is 20.5 Å². The predicted molar refractivity (Wildman–Crippen MR) is 78.5 cm³/mol. The Morgan fingerprint density at radius 2 is 1.80 bits per heavy atom. The molecule has 2 rings (SSSR count). The second-order valence-corrected chi connectivity index (χ2v) is 4.15. The number of anilines is 3. The van der Waals surface area contributed by atoms with Crippen molar-refractivity contribution in [1.82, 2.24) is 0 Å². The third kappa shape index (κ3) is 3.00. The molecule has 104 valence electrons. The molecule has 0 amide bonds. The number of rotatable bonds is 4. The summed E-state index contributed by atoms with van der Waals surface area (Å²) < 4.78 is 9.78. The smallest absolute Gasteiger partial charge is 0.337 e. The molecule has 0 heterocycles. The molecule has 3 N–H and O–H groups in total. The minimum Gasteiger partial charge on any atom is -0.497 e. The maximum absolute atomic E-state index is 11.5. The van der Waals surface area contributed by atoms with E-state index in [9.17, 15) is 4.79 Å². The molecule has 0 unspecified atom stereocenters. The minimum absolute atomic E-state index is 0.400. The molecule has 0 aromatic heterocycles. The maximum Gasteiger partial charge on any atom is 0.337 e. The predicted octanol–water partition coefficient (Wildman–Crippen LogP) is 2.81. The summed E-state index contributed by atoms with van der Waals surface area (Å²) in [6.45, 7) is 0. The Labute approximate surface area is 117 Å². The third-order valence-electron chi connectivity index (χ3n) is 2.84. The van der Waals surface area contributed by atoms with Gasteiger partial charge in [-0.2, -0.15) is 0 Å². The van der Waals surface area contributed by atoms with E-state index in [1.54, 1.807) is 25.3 Å². The van der Waals surface area contributed by atoms with Crippen LogP contribution in [0.4, 0.5) is 17.1 Å². The molecule has 2 aromatic rings. The minimum atomic E-state index is -0.400. The van der Waals surface area contributed by atoms with Crippen LogP contribution in [0.5, 0.6) is 5.75 Å². The summed E-state index contributed by atoms with van der Waals surface area (Å²) >= 11 is 0. The van der Waals surface area contributed by atoms with E-state index < -0.39 is 5.97 Å². The van der Waals surface area contributed by atoms with Gasteiger partial charge in [0.05, 0.1) is 31.2 Å². The molecule has 0 atom stereocenters. The average Bonchev–Trinajstić information content (AvgIpc) is 2.49. The first-order chi connectivity index (χ1) is 9.63. The fourth-order valence-electron chi connectivity index (χ4n) is 1.74. The van der Waals surface area contributed by atoms with Gasteiger partial charge >= 0.3 is 5.97 Å². The Hall–Kier alpha value is -2.69. The monoisotopic (exact) mass is 272 g/mol. The molecule has 5 nitrogen and oxygen atoms in total. The maximum atomic E-state index is 11.5. The molecule has 0 aliphatic rings. The van der Waals surface area contributed by atoms with Crippen LogP contribution in [0, 0.1) is 0 Å². The molecule has 0 radical (unpaired) electrons. The molecule has 0 saturated heterocycles. The van der Waals surface area contributed by atoms with E-state index in [0.717, 1.165) is 11.4 Å². The van der Waals surface area contributed by atoms with Crippen LogP contribution in [-0.4, -0.2) is 20.2 Å². The summed E-state index contributed by atoms with van der Waals surface area (Å²) in [7, 11) is 2.95. The fourth-order valence-corrected chi connectivity index (χ4v) is 1.74. The van der Waals surface area contributed by atoms with E-state index in [1.165, 1.54) is 7.11 Å². The highest BCUT2D eigenvalue weighted by atomic mass is 16.5. The highest BCUT2D eigenvalue weighted by molar-refractivity contribution is 5.92. The Balaban J connectivity index is 2.25. The normalized spacial score (nSPS) is 9.90. The number of benzene rings is 2. The number of nitrogens with one attached hydrogen (secondary N) is 1. The first kappa shape index (κ1) is 13.7. The van der Waals surface area contributed by atoms with E-state index in [-0.39, 0.29) is 0 Å². The summed E-state index contributed by atoms with van der Waals surface area (Å²) in [5.41, 5.74) is 8.39. The van der Waals surface area contributed by atoms with Gasteiger partial charge in [-0.1, -0.05) is 0 Å². The fraction of sp³-hybridized carbons (Fsp3) is 0.133. The molecule has 0 spiro atoms. The quantitative estimate of drug-likeness (QED) is 0.661. The number of ether oxygens (including phenoxy) is 2. The van der Waals surface area contributed by atoms with E-state index >= 15 is 0 Å². The summed E-state index contributed by atoms with van der Waals surface area (Å²) in [5, 5.41) is 3.15. The van der Waals surface area contributed by atoms with Crippen molar-refractivity contribution in [3.05, 3.63) is 48.0 Å². The van der Waals surface area contributed by atoms with Crippen molar-refractivity contribution in [1.29, 1.82) is 0 Å². The molecule has 0 aliphatic carbocycles. The second-order valence-electron chi connectivity index (χ2n) is 4.15. The Kier molecular flexibility index (Phi) is 4.10. The number of esters is 1. The molecule has 0 saturated carbocycles. The first-order valence-corrected chi connectivity index (χ1v) is 6.03. The van der Waals surface area contributed by atoms with E-state index in [0.29, 0.717) is 16.9 Å². The third-order valence-corrected chi connectivity index (χ3v) is 2.84. The molecular formula is C15H16N2O3. The zero-order chi connectivity index (χ0) is 14.5. The average molecular weight is 272 g/mol. The number of hydrogen-bond acceptors (Lipinski definition) is 5. The van der Waals surface area contributed by atoms with E-state index in [1.807, 2.05) is 24.3 Å². The van der Waals surface area contributed by atoms with Gasteiger partial charge in [0.1, 0.15) is 5.75 Å². The number of nitrogen functional groups attached to an aromatic ring is 1. The van der Waals surface area contributed by atoms with Gasteiger partial charge in [0.2, 0.25) is 0 Å². The zero-order valence-corrected chi connectivity index (χ0v) is 11.3.